The molecule has 1 saturated heterocycles. The molecule has 2 heteroatoms. The number of likely N-dealkylation sites (tertiary alicyclic amines) is 1. The lowest BCUT2D eigenvalue weighted by Crippen LogP contribution is -2.41. The van der Waals surface area contributed by atoms with Crippen molar-refractivity contribution < 1.29 is 5.11 Å². The Morgan fingerprint density at radius 1 is 1.00 bits per heavy atom. The summed E-state index contributed by atoms with van der Waals surface area (Å²) in [5.74, 6) is 1.73. The van der Waals surface area contributed by atoms with Crippen LogP contribution in [0.25, 0.3) is 0 Å². The molecule has 1 N–H and O–H groups in total. The Morgan fingerprint density at radius 2 is 1.81 bits per heavy atom. The third kappa shape index (κ3) is 2.78. The Morgan fingerprint density at radius 3 is 2.44 bits per heavy atom. The largest absolute Gasteiger partial charge is 0.391 e. The Labute approximate surface area is 100 Å². The summed E-state index contributed by atoms with van der Waals surface area (Å²) in [6.45, 7) is 7.13. The van der Waals surface area contributed by atoms with E-state index >= 15 is 0 Å². The highest BCUT2D eigenvalue weighted by Gasteiger charge is 2.32. The van der Waals surface area contributed by atoms with Gasteiger partial charge in [-0.25, -0.2) is 0 Å². The van der Waals surface area contributed by atoms with Crippen molar-refractivity contribution in [3.63, 3.8) is 0 Å². The smallest absolute Gasteiger partial charge is 0.0695 e. The van der Waals surface area contributed by atoms with Crippen molar-refractivity contribution in [3.8, 4) is 0 Å². The third-order valence-electron chi connectivity index (χ3n) is 4.66. The summed E-state index contributed by atoms with van der Waals surface area (Å²) in [5.41, 5.74) is 0. The molecule has 0 radical (unpaired) electrons. The van der Waals surface area contributed by atoms with Gasteiger partial charge < -0.3 is 5.11 Å². The first-order chi connectivity index (χ1) is 7.68. The summed E-state index contributed by atoms with van der Waals surface area (Å²) in [7, 11) is 0. The van der Waals surface area contributed by atoms with E-state index in [0.717, 1.165) is 18.3 Å². The second-order valence-electron chi connectivity index (χ2n) is 6.04. The molecule has 0 bridgehead atoms. The zero-order valence-electron chi connectivity index (χ0n) is 10.9. The van der Waals surface area contributed by atoms with Crippen LogP contribution in [-0.4, -0.2) is 35.2 Å². The topological polar surface area (TPSA) is 23.5 Å². The molecule has 1 aliphatic heterocycles. The maximum Gasteiger partial charge on any atom is 0.0695 e. The molecular formula is C14H27NO. The van der Waals surface area contributed by atoms with Gasteiger partial charge in [-0.2, -0.15) is 0 Å². The standard InChI is InChI=1S/C14H27NO/c1-11(2)12-5-4-9-15(10-8-12)13-6-3-7-14(13)16/h11-14,16H,3-10H2,1-2H3/t12?,13-,14-/m0/s1. The minimum absolute atomic E-state index is 0.0457. The average Bonchev–Trinajstić information content (AvgIpc) is 2.54. The number of nitrogens with zero attached hydrogens (tertiary/aromatic N) is 1. The van der Waals surface area contributed by atoms with Crippen LogP contribution in [0.3, 0.4) is 0 Å². The highest BCUT2D eigenvalue weighted by Crippen LogP contribution is 2.30. The quantitative estimate of drug-likeness (QED) is 0.781. The maximum atomic E-state index is 9.97. The van der Waals surface area contributed by atoms with Gasteiger partial charge in [0.05, 0.1) is 6.10 Å². The van der Waals surface area contributed by atoms with Crippen molar-refractivity contribution in [2.75, 3.05) is 13.1 Å². The lowest BCUT2D eigenvalue weighted by molar-refractivity contribution is 0.0717. The van der Waals surface area contributed by atoms with E-state index in [-0.39, 0.29) is 6.10 Å². The van der Waals surface area contributed by atoms with Gasteiger partial charge in [0.25, 0.3) is 0 Å². The number of aliphatic hydroxyl groups excluding tert-OH is 1. The Bertz CT molecular complexity index is 217. The molecule has 1 unspecified atom stereocenters. The molecule has 1 aliphatic carbocycles. The van der Waals surface area contributed by atoms with Crippen LogP contribution in [0.5, 0.6) is 0 Å². The molecule has 2 fully saturated rings. The van der Waals surface area contributed by atoms with Crippen LogP contribution in [0.2, 0.25) is 0 Å². The molecule has 94 valence electrons. The van der Waals surface area contributed by atoms with Crippen LogP contribution in [-0.2, 0) is 0 Å². The fourth-order valence-corrected chi connectivity index (χ4v) is 3.49. The molecule has 0 spiro atoms. The Hall–Kier alpha value is -0.0800. The third-order valence-corrected chi connectivity index (χ3v) is 4.66. The van der Waals surface area contributed by atoms with Crippen LogP contribution in [0.1, 0.15) is 52.4 Å². The van der Waals surface area contributed by atoms with Gasteiger partial charge in [0, 0.05) is 6.04 Å². The number of hydrogen-bond acceptors (Lipinski definition) is 2. The molecule has 2 nitrogen and oxygen atoms in total. The van der Waals surface area contributed by atoms with E-state index in [4.69, 9.17) is 0 Å². The zero-order chi connectivity index (χ0) is 11.5. The van der Waals surface area contributed by atoms with Crippen LogP contribution < -0.4 is 0 Å². The SMILES string of the molecule is CC(C)C1CCCN([C@H]2CCC[C@@H]2O)CC1. The van der Waals surface area contributed by atoms with Crippen LogP contribution in [0.15, 0.2) is 0 Å². The molecular weight excluding hydrogens is 198 g/mol. The fourth-order valence-electron chi connectivity index (χ4n) is 3.49. The molecule has 0 amide bonds. The van der Waals surface area contributed by atoms with Crippen LogP contribution in [0.4, 0.5) is 0 Å². The van der Waals surface area contributed by atoms with Crippen LogP contribution in [0, 0.1) is 11.8 Å². The van der Waals surface area contributed by atoms with Crippen molar-refractivity contribution in [2.24, 2.45) is 11.8 Å². The van der Waals surface area contributed by atoms with Crippen molar-refractivity contribution >= 4 is 0 Å². The lowest BCUT2D eigenvalue weighted by Gasteiger charge is -2.30. The Balaban J connectivity index is 1.88. The summed E-state index contributed by atoms with van der Waals surface area (Å²) in [6, 6.07) is 0.478. The number of hydrogen-bond donors (Lipinski definition) is 1. The lowest BCUT2D eigenvalue weighted by atomic mass is 9.89. The van der Waals surface area contributed by atoms with Gasteiger partial charge in [0.1, 0.15) is 0 Å². The summed E-state index contributed by atoms with van der Waals surface area (Å²) < 4.78 is 0. The molecule has 0 aromatic rings. The number of aliphatic hydroxyl groups is 1. The summed E-state index contributed by atoms with van der Waals surface area (Å²) in [5, 5.41) is 9.97. The number of rotatable bonds is 2. The van der Waals surface area contributed by atoms with E-state index in [9.17, 15) is 5.11 Å². The normalized spacial score (nSPS) is 37.9. The zero-order valence-corrected chi connectivity index (χ0v) is 10.9. The van der Waals surface area contributed by atoms with Gasteiger partial charge in [-0.05, 0) is 63.5 Å². The van der Waals surface area contributed by atoms with E-state index in [1.165, 1.54) is 45.2 Å². The van der Waals surface area contributed by atoms with Gasteiger partial charge in [-0.15, -0.1) is 0 Å². The molecule has 16 heavy (non-hydrogen) atoms. The molecule has 1 heterocycles. The fraction of sp³-hybridized carbons (Fsp3) is 1.00. The molecule has 2 aliphatic rings. The predicted molar refractivity (Wildman–Crippen MR) is 67.4 cm³/mol. The summed E-state index contributed by atoms with van der Waals surface area (Å²) in [6.07, 6.45) is 7.46. The van der Waals surface area contributed by atoms with E-state index in [1.807, 2.05) is 0 Å². The van der Waals surface area contributed by atoms with Crippen molar-refractivity contribution in [2.45, 2.75) is 64.5 Å². The second-order valence-corrected chi connectivity index (χ2v) is 6.04. The van der Waals surface area contributed by atoms with E-state index in [0.29, 0.717) is 6.04 Å². The van der Waals surface area contributed by atoms with Crippen molar-refractivity contribution in [3.05, 3.63) is 0 Å². The Kier molecular flexibility index (Phi) is 4.26. The molecule has 0 aromatic heterocycles. The van der Waals surface area contributed by atoms with Crippen LogP contribution >= 0.6 is 0 Å². The monoisotopic (exact) mass is 225 g/mol. The highest BCUT2D eigenvalue weighted by molar-refractivity contribution is 4.86. The molecule has 1 saturated carbocycles. The van der Waals surface area contributed by atoms with Gasteiger partial charge in [-0.1, -0.05) is 13.8 Å². The first-order valence-corrected chi connectivity index (χ1v) is 7.10. The first-order valence-electron chi connectivity index (χ1n) is 7.10. The van der Waals surface area contributed by atoms with E-state index < -0.39 is 0 Å². The van der Waals surface area contributed by atoms with E-state index in [2.05, 4.69) is 18.7 Å². The second kappa shape index (κ2) is 5.50. The minimum atomic E-state index is -0.0457. The molecule has 2 rings (SSSR count). The minimum Gasteiger partial charge on any atom is -0.391 e. The molecule has 3 atom stereocenters. The van der Waals surface area contributed by atoms with Gasteiger partial charge >= 0.3 is 0 Å². The maximum absolute atomic E-state index is 9.97. The van der Waals surface area contributed by atoms with Gasteiger partial charge in [0.15, 0.2) is 0 Å². The predicted octanol–water partition coefficient (Wildman–Crippen LogP) is 2.66. The summed E-state index contributed by atoms with van der Waals surface area (Å²) in [4.78, 5) is 2.57. The average molecular weight is 225 g/mol. The summed E-state index contributed by atoms with van der Waals surface area (Å²) >= 11 is 0. The van der Waals surface area contributed by atoms with Gasteiger partial charge in [-0.3, -0.25) is 4.90 Å². The van der Waals surface area contributed by atoms with E-state index in [1.54, 1.807) is 0 Å². The van der Waals surface area contributed by atoms with Gasteiger partial charge in [0.2, 0.25) is 0 Å². The molecule has 0 aromatic carbocycles. The highest BCUT2D eigenvalue weighted by atomic mass is 16.3. The first kappa shape index (κ1) is 12.4. The van der Waals surface area contributed by atoms with Crippen molar-refractivity contribution in [1.82, 2.24) is 4.90 Å². The van der Waals surface area contributed by atoms with Crippen molar-refractivity contribution in [1.29, 1.82) is 0 Å².